The smallest absolute Gasteiger partial charge is 0.317 e. The van der Waals surface area contributed by atoms with Gasteiger partial charge in [-0.15, -0.1) is 0 Å². The molecule has 1 fully saturated rings. The summed E-state index contributed by atoms with van der Waals surface area (Å²) in [6.07, 6.45) is 4.30. The molecule has 0 saturated carbocycles. The summed E-state index contributed by atoms with van der Waals surface area (Å²) >= 11 is 0. The number of hydrogen-bond donors (Lipinski definition) is 3. The molecule has 1 unspecified atom stereocenters. The van der Waals surface area contributed by atoms with E-state index in [0.717, 1.165) is 18.4 Å². The fourth-order valence-electron chi connectivity index (χ4n) is 3.07. The van der Waals surface area contributed by atoms with Crippen LogP contribution >= 0.6 is 0 Å². The third-order valence-electron chi connectivity index (χ3n) is 4.40. The van der Waals surface area contributed by atoms with Crippen LogP contribution in [0.4, 0.5) is 4.79 Å². The highest BCUT2D eigenvalue weighted by molar-refractivity contribution is 5.83. The first-order valence-corrected chi connectivity index (χ1v) is 7.95. The molecule has 0 radical (unpaired) electrons. The second-order valence-electron chi connectivity index (χ2n) is 5.96. The molecule has 122 valence electrons. The van der Waals surface area contributed by atoms with Gasteiger partial charge < -0.3 is 20.3 Å². The van der Waals surface area contributed by atoms with Gasteiger partial charge in [-0.05, 0) is 30.9 Å². The molecule has 3 rings (SSSR count). The fraction of sp³-hybridized carbons (Fsp3) is 0.412. The van der Waals surface area contributed by atoms with E-state index < -0.39 is 11.9 Å². The topological polar surface area (TPSA) is 85.4 Å². The van der Waals surface area contributed by atoms with E-state index in [2.05, 4.69) is 16.4 Å². The average Bonchev–Trinajstić information content (AvgIpc) is 3.19. The van der Waals surface area contributed by atoms with Crippen molar-refractivity contribution in [1.82, 2.24) is 15.2 Å². The van der Waals surface area contributed by atoms with Crippen LogP contribution in [0.1, 0.15) is 18.4 Å². The number of aromatic nitrogens is 1. The van der Waals surface area contributed by atoms with E-state index in [1.165, 1.54) is 10.9 Å². The van der Waals surface area contributed by atoms with Crippen LogP contribution in [-0.2, 0) is 11.2 Å². The molecule has 2 heterocycles. The van der Waals surface area contributed by atoms with Crippen LogP contribution < -0.4 is 5.32 Å². The molecular formula is C17H21N3O3. The second-order valence-corrected chi connectivity index (χ2v) is 5.96. The number of fused-ring (bicyclic) bond motifs is 1. The summed E-state index contributed by atoms with van der Waals surface area (Å²) in [5, 5.41) is 13.1. The molecule has 0 spiro atoms. The number of hydrogen-bond acceptors (Lipinski definition) is 2. The standard InChI is InChI=1S/C17H21N3O3/c21-16(22)13-7-9-20(11-13)17(23)18-8-3-4-12-10-19-15-6-2-1-5-14(12)15/h1-2,5-6,10,13,19H,3-4,7-9,11H2,(H,18,23)(H,21,22). The zero-order chi connectivity index (χ0) is 16.2. The average molecular weight is 315 g/mol. The molecule has 1 aliphatic rings. The van der Waals surface area contributed by atoms with E-state index >= 15 is 0 Å². The number of carboxylic acids is 1. The molecule has 1 aromatic carbocycles. The number of carbonyl (C=O) groups is 2. The van der Waals surface area contributed by atoms with Crippen LogP contribution in [-0.4, -0.2) is 46.6 Å². The van der Waals surface area contributed by atoms with Crippen LogP contribution in [0, 0.1) is 5.92 Å². The van der Waals surface area contributed by atoms with E-state index in [-0.39, 0.29) is 6.03 Å². The molecule has 6 nitrogen and oxygen atoms in total. The molecule has 6 heteroatoms. The third kappa shape index (κ3) is 3.47. The summed E-state index contributed by atoms with van der Waals surface area (Å²) in [6, 6.07) is 8.01. The third-order valence-corrected chi connectivity index (χ3v) is 4.40. The molecule has 2 aromatic rings. The Morgan fingerprint density at radius 3 is 2.96 bits per heavy atom. The largest absolute Gasteiger partial charge is 0.481 e. The SMILES string of the molecule is O=C(O)C1CCN(C(=O)NCCCc2c[nH]c3ccccc23)C1. The maximum absolute atomic E-state index is 12.0. The number of nitrogens with one attached hydrogen (secondary N) is 2. The number of rotatable bonds is 5. The zero-order valence-electron chi connectivity index (χ0n) is 12.9. The number of H-pyrrole nitrogens is 1. The molecule has 23 heavy (non-hydrogen) atoms. The highest BCUT2D eigenvalue weighted by Crippen LogP contribution is 2.19. The minimum atomic E-state index is -0.820. The quantitative estimate of drug-likeness (QED) is 0.740. The van der Waals surface area contributed by atoms with Gasteiger partial charge in [-0.25, -0.2) is 4.79 Å². The van der Waals surface area contributed by atoms with Crippen molar-refractivity contribution in [3.63, 3.8) is 0 Å². The molecule has 2 amide bonds. The van der Waals surface area contributed by atoms with Crippen molar-refractivity contribution >= 4 is 22.9 Å². The van der Waals surface area contributed by atoms with Gasteiger partial charge in [-0.1, -0.05) is 18.2 Å². The Morgan fingerprint density at radius 2 is 2.17 bits per heavy atom. The van der Waals surface area contributed by atoms with E-state index in [1.807, 2.05) is 24.4 Å². The number of aromatic amines is 1. The summed E-state index contributed by atoms with van der Waals surface area (Å²) < 4.78 is 0. The van der Waals surface area contributed by atoms with Crippen molar-refractivity contribution in [1.29, 1.82) is 0 Å². The van der Waals surface area contributed by atoms with Gasteiger partial charge in [0, 0.05) is 36.7 Å². The van der Waals surface area contributed by atoms with Gasteiger partial charge in [-0.2, -0.15) is 0 Å². The number of nitrogens with zero attached hydrogens (tertiary/aromatic N) is 1. The molecule has 1 saturated heterocycles. The van der Waals surface area contributed by atoms with Crippen LogP contribution in [0.25, 0.3) is 10.9 Å². The lowest BCUT2D eigenvalue weighted by Crippen LogP contribution is -2.39. The van der Waals surface area contributed by atoms with E-state index in [1.54, 1.807) is 4.90 Å². The zero-order valence-corrected chi connectivity index (χ0v) is 12.9. The molecule has 0 bridgehead atoms. The Bertz CT molecular complexity index is 710. The van der Waals surface area contributed by atoms with Crippen LogP contribution in [0.5, 0.6) is 0 Å². The predicted molar refractivity (Wildman–Crippen MR) is 87.3 cm³/mol. The highest BCUT2D eigenvalue weighted by Gasteiger charge is 2.30. The lowest BCUT2D eigenvalue weighted by molar-refractivity contribution is -0.141. The molecule has 0 aliphatic carbocycles. The van der Waals surface area contributed by atoms with Gasteiger partial charge in [0.25, 0.3) is 0 Å². The first kappa shape index (κ1) is 15.4. The van der Waals surface area contributed by atoms with Gasteiger partial charge in [-0.3, -0.25) is 4.79 Å². The summed E-state index contributed by atoms with van der Waals surface area (Å²) in [6.45, 7) is 1.42. The summed E-state index contributed by atoms with van der Waals surface area (Å²) in [7, 11) is 0. The number of amides is 2. The fourth-order valence-corrected chi connectivity index (χ4v) is 3.07. The minimum Gasteiger partial charge on any atom is -0.481 e. The van der Waals surface area contributed by atoms with Crippen molar-refractivity contribution in [2.45, 2.75) is 19.3 Å². The molecule has 1 atom stereocenters. The molecule has 1 aromatic heterocycles. The summed E-state index contributed by atoms with van der Waals surface area (Å²) in [5.41, 5.74) is 2.38. The number of aryl methyl sites for hydroxylation is 1. The summed E-state index contributed by atoms with van der Waals surface area (Å²) in [4.78, 5) is 27.7. The molecule has 3 N–H and O–H groups in total. The highest BCUT2D eigenvalue weighted by atomic mass is 16.4. The van der Waals surface area contributed by atoms with Gasteiger partial charge in [0.05, 0.1) is 5.92 Å². The Balaban J connectivity index is 1.43. The number of urea groups is 1. The normalized spacial score (nSPS) is 17.6. The maximum atomic E-state index is 12.0. The Hall–Kier alpha value is -2.50. The molecule has 1 aliphatic heterocycles. The predicted octanol–water partition coefficient (Wildman–Crippen LogP) is 2.22. The minimum absolute atomic E-state index is 0.160. The van der Waals surface area contributed by atoms with Gasteiger partial charge in [0.1, 0.15) is 0 Å². The number of para-hydroxylation sites is 1. The van der Waals surface area contributed by atoms with Crippen molar-refractivity contribution in [3.8, 4) is 0 Å². The first-order valence-electron chi connectivity index (χ1n) is 7.95. The molecular weight excluding hydrogens is 294 g/mol. The van der Waals surface area contributed by atoms with Gasteiger partial charge >= 0.3 is 12.0 Å². The van der Waals surface area contributed by atoms with E-state index in [0.29, 0.717) is 26.1 Å². The van der Waals surface area contributed by atoms with E-state index in [4.69, 9.17) is 5.11 Å². The lowest BCUT2D eigenvalue weighted by atomic mass is 10.1. The Labute approximate surface area is 134 Å². The summed E-state index contributed by atoms with van der Waals surface area (Å²) in [5.74, 6) is -1.24. The van der Waals surface area contributed by atoms with Gasteiger partial charge in [0.2, 0.25) is 0 Å². The number of carboxylic acid groups (broad SMARTS) is 1. The number of benzene rings is 1. The monoisotopic (exact) mass is 315 g/mol. The van der Waals surface area contributed by atoms with Crippen LogP contribution in [0.2, 0.25) is 0 Å². The number of carbonyl (C=O) groups excluding carboxylic acids is 1. The van der Waals surface area contributed by atoms with E-state index in [9.17, 15) is 9.59 Å². The Morgan fingerprint density at radius 1 is 1.35 bits per heavy atom. The van der Waals surface area contributed by atoms with Gasteiger partial charge in [0.15, 0.2) is 0 Å². The van der Waals surface area contributed by atoms with Crippen molar-refractivity contribution < 1.29 is 14.7 Å². The van der Waals surface area contributed by atoms with Crippen LogP contribution in [0.15, 0.2) is 30.5 Å². The number of aliphatic carboxylic acids is 1. The Kier molecular flexibility index (Phi) is 4.50. The first-order chi connectivity index (χ1) is 11.1. The van der Waals surface area contributed by atoms with Crippen molar-refractivity contribution in [2.75, 3.05) is 19.6 Å². The van der Waals surface area contributed by atoms with Crippen molar-refractivity contribution in [2.24, 2.45) is 5.92 Å². The number of likely N-dealkylation sites (tertiary alicyclic amines) is 1. The maximum Gasteiger partial charge on any atom is 0.317 e. The van der Waals surface area contributed by atoms with Crippen LogP contribution in [0.3, 0.4) is 0 Å². The second kappa shape index (κ2) is 6.73. The van der Waals surface area contributed by atoms with Crippen molar-refractivity contribution in [3.05, 3.63) is 36.0 Å². The lowest BCUT2D eigenvalue weighted by Gasteiger charge is -2.16.